The van der Waals surface area contributed by atoms with Crippen LogP contribution in [0.15, 0.2) is 59.4 Å². The molecule has 0 amide bonds. The van der Waals surface area contributed by atoms with Crippen LogP contribution in [-0.4, -0.2) is 56.7 Å². The van der Waals surface area contributed by atoms with Gasteiger partial charge < -0.3 is 4.84 Å². The summed E-state index contributed by atoms with van der Waals surface area (Å²) in [5.74, 6) is 0.653. The molecule has 1 saturated heterocycles. The van der Waals surface area contributed by atoms with E-state index in [0.717, 1.165) is 50.2 Å². The molecule has 0 bridgehead atoms. The topological polar surface area (TPSA) is 101 Å². The van der Waals surface area contributed by atoms with Gasteiger partial charge in [0.1, 0.15) is 17.2 Å². The molecule has 0 aliphatic carbocycles. The molecule has 2 atom stereocenters. The van der Waals surface area contributed by atoms with Gasteiger partial charge in [0.2, 0.25) is 0 Å². The van der Waals surface area contributed by atoms with Gasteiger partial charge in [0.25, 0.3) is 0 Å². The van der Waals surface area contributed by atoms with Crippen molar-refractivity contribution >= 4 is 12.1 Å². The van der Waals surface area contributed by atoms with Crippen LogP contribution in [0.25, 0.3) is 0 Å². The summed E-state index contributed by atoms with van der Waals surface area (Å²) in [6, 6.07) is 3.92. The molecule has 0 spiro atoms. The molecule has 165 valence electrons. The average Bonchev–Trinajstić information content (AvgIpc) is 3.26. The third-order valence-corrected chi connectivity index (χ3v) is 6.60. The second-order valence-electron chi connectivity index (χ2n) is 8.30. The quantitative estimate of drug-likeness (QED) is 0.793. The van der Waals surface area contributed by atoms with E-state index in [1.54, 1.807) is 24.8 Å². The van der Waals surface area contributed by atoms with Gasteiger partial charge in [-0.15, -0.1) is 0 Å². The zero-order valence-electron chi connectivity index (χ0n) is 18.0. The minimum absolute atomic E-state index is 0.653. The summed E-state index contributed by atoms with van der Waals surface area (Å²) in [4.78, 5) is 26.8. The largest absolute Gasteiger partial charge is 0.387 e. The monoisotopic (exact) mass is 431 g/mol. The van der Waals surface area contributed by atoms with Gasteiger partial charge in [-0.2, -0.15) is 10.2 Å². The minimum atomic E-state index is -0.876. The van der Waals surface area contributed by atoms with Gasteiger partial charge in [-0.25, -0.2) is 10.5 Å². The van der Waals surface area contributed by atoms with Gasteiger partial charge in [0.15, 0.2) is 5.84 Å². The van der Waals surface area contributed by atoms with Gasteiger partial charge in [-0.3, -0.25) is 19.9 Å². The van der Waals surface area contributed by atoms with Crippen molar-refractivity contribution in [2.45, 2.75) is 49.5 Å². The van der Waals surface area contributed by atoms with E-state index in [0.29, 0.717) is 12.4 Å². The second-order valence-corrected chi connectivity index (χ2v) is 8.30. The fourth-order valence-corrected chi connectivity index (χ4v) is 5.24. The predicted octanol–water partition coefficient (Wildman–Crippen LogP) is 2.42. The molecule has 5 rings (SSSR count). The Morgan fingerprint density at radius 3 is 2.66 bits per heavy atom. The Bertz CT molecular complexity index is 988. The Balaban J connectivity index is 1.85. The maximum Gasteiger partial charge on any atom is 0.151 e. The first-order valence-electron chi connectivity index (χ1n) is 11.3. The molecule has 2 aromatic rings. The average molecular weight is 432 g/mol. The van der Waals surface area contributed by atoms with E-state index in [-0.39, 0.29) is 0 Å². The van der Waals surface area contributed by atoms with Crippen LogP contribution in [-0.2, 0) is 15.8 Å². The minimum Gasteiger partial charge on any atom is -0.387 e. The Hall–Kier alpha value is -3.20. The molecule has 2 unspecified atom stereocenters. The molecule has 1 radical (unpaired) electrons. The van der Waals surface area contributed by atoms with Crippen LogP contribution in [0.4, 0.5) is 0 Å². The van der Waals surface area contributed by atoms with Crippen LogP contribution in [0.3, 0.4) is 0 Å². The van der Waals surface area contributed by atoms with E-state index < -0.39 is 11.0 Å². The molecule has 0 saturated carbocycles. The molecule has 1 fully saturated rings. The Labute approximate surface area is 187 Å². The predicted molar refractivity (Wildman–Crippen MR) is 120 cm³/mol. The van der Waals surface area contributed by atoms with Crippen LogP contribution >= 0.6 is 0 Å². The third-order valence-electron chi connectivity index (χ3n) is 6.60. The van der Waals surface area contributed by atoms with Crippen LogP contribution in [0.1, 0.15) is 49.9 Å². The molecule has 3 aliphatic rings. The maximum atomic E-state index is 5.54. The lowest BCUT2D eigenvalue weighted by Crippen LogP contribution is -2.67. The van der Waals surface area contributed by atoms with Crippen molar-refractivity contribution in [3.63, 3.8) is 0 Å². The fourth-order valence-electron chi connectivity index (χ4n) is 5.24. The van der Waals surface area contributed by atoms with E-state index in [1.165, 1.54) is 19.1 Å². The first-order chi connectivity index (χ1) is 15.9. The van der Waals surface area contributed by atoms with Gasteiger partial charge in [0, 0.05) is 25.1 Å². The molecular weight excluding hydrogens is 404 g/mol. The van der Waals surface area contributed by atoms with Gasteiger partial charge in [0.05, 0.1) is 30.0 Å². The summed E-state index contributed by atoms with van der Waals surface area (Å²) in [5.41, 5.74) is 2.96. The molecule has 2 aromatic heterocycles. The van der Waals surface area contributed by atoms with Crippen molar-refractivity contribution in [1.82, 2.24) is 30.5 Å². The molecule has 3 aliphatic heterocycles. The van der Waals surface area contributed by atoms with E-state index >= 15 is 0 Å². The van der Waals surface area contributed by atoms with E-state index in [2.05, 4.69) is 31.8 Å². The summed E-state index contributed by atoms with van der Waals surface area (Å²) in [5, 5.41) is 8.87. The van der Waals surface area contributed by atoms with Crippen molar-refractivity contribution in [3.8, 4) is 0 Å². The number of hydroxylamine groups is 1. The number of hydrogen-bond donors (Lipinski definition) is 1. The van der Waals surface area contributed by atoms with Gasteiger partial charge in [-0.05, 0) is 50.9 Å². The number of hydrogen-bond acceptors (Lipinski definition) is 9. The highest BCUT2D eigenvalue weighted by atomic mass is 16.6. The van der Waals surface area contributed by atoms with Crippen LogP contribution in [0.2, 0.25) is 0 Å². The highest BCUT2D eigenvalue weighted by Gasteiger charge is 2.62. The van der Waals surface area contributed by atoms with Crippen molar-refractivity contribution in [2.75, 3.05) is 19.6 Å². The second kappa shape index (κ2) is 9.12. The maximum absolute atomic E-state index is 5.54. The lowest BCUT2D eigenvalue weighted by Gasteiger charge is -2.52. The zero-order chi connectivity index (χ0) is 21.7. The molecule has 0 aromatic carbocycles. The van der Waals surface area contributed by atoms with Crippen LogP contribution < -0.4 is 5.48 Å². The third kappa shape index (κ3) is 3.37. The molecule has 1 N–H and O–H groups in total. The van der Waals surface area contributed by atoms with Crippen LogP contribution in [0, 0.1) is 0 Å². The Morgan fingerprint density at radius 1 is 1.03 bits per heavy atom. The van der Waals surface area contributed by atoms with Gasteiger partial charge in [-0.1, -0.05) is 12.8 Å². The summed E-state index contributed by atoms with van der Waals surface area (Å²) in [6.45, 7) is 2.46. The lowest BCUT2D eigenvalue weighted by molar-refractivity contribution is 0.0803. The highest BCUT2D eigenvalue weighted by Crippen LogP contribution is 2.50. The number of nitrogens with zero attached hydrogens (tertiary/aromatic N) is 7. The first kappa shape index (κ1) is 20.7. The number of aromatic nitrogens is 4. The Morgan fingerprint density at radius 2 is 1.94 bits per heavy atom. The van der Waals surface area contributed by atoms with Gasteiger partial charge >= 0.3 is 0 Å². The zero-order valence-corrected chi connectivity index (χ0v) is 18.0. The van der Waals surface area contributed by atoms with E-state index in [4.69, 9.17) is 19.8 Å². The van der Waals surface area contributed by atoms with Crippen LogP contribution in [0.5, 0.6) is 0 Å². The number of amidine groups is 1. The lowest BCUT2D eigenvalue weighted by atomic mass is 9.61. The first-order valence-corrected chi connectivity index (χ1v) is 11.3. The molecule has 32 heavy (non-hydrogen) atoms. The number of likely N-dealkylation sites (tertiary alicyclic amines) is 1. The summed E-state index contributed by atoms with van der Waals surface area (Å²) >= 11 is 0. The van der Waals surface area contributed by atoms with Crippen molar-refractivity contribution in [1.29, 1.82) is 0 Å². The van der Waals surface area contributed by atoms with E-state index in [1.807, 2.05) is 18.3 Å². The standard InChI is InChI=1S/C23H27N8O/c1-2-4-15-31(14-3-1)23(20-17-24-11-12-26-20)18-25-9-6-8-22(23,19-7-5-10-28-29-19)21-27-13-16-32-30-21/h5,7,10-13,16-17H,1-4,6,8-9,14-15H2,(H,27,30). The number of rotatable bonds is 4. The summed E-state index contributed by atoms with van der Waals surface area (Å²) in [6.07, 6.45) is 19.9. The smallest absolute Gasteiger partial charge is 0.151 e. The Kier molecular flexibility index (Phi) is 5.89. The number of aliphatic imine (C=N–C) groups is 2. The fraction of sp³-hybridized carbons (Fsp3) is 0.478. The molecule has 9 heteroatoms. The molecule has 9 nitrogen and oxygen atoms in total. The summed E-state index contributed by atoms with van der Waals surface area (Å²) < 4.78 is 0. The summed E-state index contributed by atoms with van der Waals surface area (Å²) in [7, 11) is 0. The van der Waals surface area contributed by atoms with Crippen molar-refractivity contribution in [3.05, 3.63) is 60.8 Å². The highest BCUT2D eigenvalue weighted by molar-refractivity contribution is 5.99. The number of nitrogens with one attached hydrogen (secondary N) is 1. The SMILES string of the molecule is [C]1=NCCCC(C2=NC=CON2)(c2cccnn2)C1(c1cnccn1)N1CCCCCC1. The molecular formula is C23H27N8O. The van der Waals surface area contributed by atoms with E-state index in [9.17, 15) is 0 Å². The normalized spacial score (nSPS) is 28.7. The van der Waals surface area contributed by atoms with Crippen molar-refractivity contribution in [2.24, 2.45) is 9.98 Å². The molecule has 5 heterocycles. The van der Waals surface area contributed by atoms with Crippen molar-refractivity contribution < 1.29 is 4.84 Å².